The first-order valence-electron chi connectivity index (χ1n) is 13.7. The van der Waals surface area contributed by atoms with E-state index in [4.69, 9.17) is 13.8 Å². The van der Waals surface area contributed by atoms with Crippen molar-refractivity contribution in [2.24, 2.45) is 0 Å². The first-order valence-corrected chi connectivity index (χ1v) is 15.1. The van der Waals surface area contributed by atoms with Gasteiger partial charge in [0.2, 0.25) is 0 Å². The lowest BCUT2D eigenvalue weighted by Crippen LogP contribution is -2.37. The van der Waals surface area contributed by atoms with E-state index >= 15 is 0 Å². The third kappa shape index (κ3) is 27.7. The second-order valence-electron chi connectivity index (χ2n) is 10.3. The van der Waals surface area contributed by atoms with Gasteiger partial charge in [0.1, 0.15) is 25.9 Å². The van der Waals surface area contributed by atoms with Crippen molar-refractivity contribution in [1.29, 1.82) is 0 Å². The Morgan fingerprint density at radius 3 is 1.86 bits per heavy atom. The van der Waals surface area contributed by atoms with E-state index in [1.807, 2.05) is 27.2 Å². The van der Waals surface area contributed by atoms with E-state index < -0.39 is 13.9 Å². The van der Waals surface area contributed by atoms with Gasteiger partial charge in [-0.1, -0.05) is 70.4 Å². The van der Waals surface area contributed by atoms with Crippen molar-refractivity contribution in [2.45, 2.75) is 103 Å². The molecule has 0 amide bonds. The molecule has 0 saturated heterocycles. The number of phosphoric acid groups is 1. The minimum Gasteiger partial charge on any atom is -0.756 e. The van der Waals surface area contributed by atoms with Gasteiger partial charge in [0.15, 0.2) is 0 Å². The van der Waals surface area contributed by atoms with E-state index in [1.165, 1.54) is 77.0 Å². The van der Waals surface area contributed by atoms with Crippen LogP contribution in [0, 0.1) is 0 Å². The van der Waals surface area contributed by atoms with Crippen molar-refractivity contribution in [2.75, 3.05) is 47.5 Å². The third-order valence-corrected chi connectivity index (χ3v) is 6.51. The number of quaternary nitrogens is 1. The van der Waals surface area contributed by atoms with Gasteiger partial charge in [-0.15, -0.1) is 0 Å². The van der Waals surface area contributed by atoms with E-state index in [2.05, 4.69) is 19.1 Å². The summed E-state index contributed by atoms with van der Waals surface area (Å²) < 4.78 is 27.0. The number of aliphatic hydroxyl groups is 1. The molecule has 8 heteroatoms. The van der Waals surface area contributed by atoms with Gasteiger partial charge in [0.05, 0.1) is 34.0 Å². The summed E-state index contributed by atoms with van der Waals surface area (Å²) in [4.78, 5) is 11.7. The number of likely N-dealkylation sites (N-methyl/N-ethyl adjacent to an activating group) is 1. The molecule has 0 bridgehead atoms. The highest BCUT2D eigenvalue weighted by molar-refractivity contribution is 7.45. The zero-order valence-electron chi connectivity index (χ0n) is 23.0. The summed E-state index contributed by atoms with van der Waals surface area (Å²) in [6, 6.07) is 0. The van der Waals surface area contributed by atoms with Gasteiger partial charge < -0.3 is 28.3 Å². The number of rotatable bonds is 25. The topological polar surface area (TPSA) is 88.0 Å². The summed E-state index contributed by atoms with van der Waals surface area (Å²) in [5, 5.41) is 9.80. The Hall–Kier alpha value is -0.690. The Bertz CT molecular complexity index is 577. The van der Waals surface area contributed by atoms with E-state index in [0.29, 0.717) is 11.0 Å². The maximum atomic E-state index is 11.7. The molecule has 35 heavy (non-hydrogen) atoms. The molecule has 0 aliphatic carbocycles. The molecule has 1 N–H and O–H groups in total. The van der Waals surface area contributed by atoms with Crippen molar-refractivity contribution >= 4 is 7.82 Å². The van der Waals surface area contributed by atoms with E-state index in [0.717, 1.165) is 12.8 Å². The van der Waals surface area contributed by atoms with Gasteiger partial charge >= 0.3 is 0 Å². The van der Waals surface area contributed by atoms with Crippen LogP contribution in [-0.2, 0) is 18.3 Å². The lowest BCUT2D eigenvalue weighted by Gasteiger charge is -2.27. The van der Waals surface area contributed by atoms with Crippen LogP contribution in [-0.4, -0.2) is 63.2 Å². The van der Waals surface area contributed by atoms with Crippen LogP contribution >= 0.6 is 7.82 Å². The van der Waals surface area contributed by atoms with Crippen LogP contribution < -0.4 is 4.89 Å². The third-order valence-electron chi connectivity index (χ3n) is 5.55. The lowest BCUT2D eigenvalue weighted by molar-refractivity contribution is -0.870. The van der Waals surface area contributed by atoms with E-state index in [9.17, 15) is 14.6 Å². The number of ether oxygens (including phenoxy) is 1. The standard InChI is InChI=1S/C27H54NO6P/c1-5-6-7-8-9-10-11-12-13-14-15-16-17-18-19-20-21-23-32-25-27(29)26-34-35(30,31)33-24-22-28(2,3)4/h10-11,21,23,27,29H,5-9,12-20,22,24-26H2,1-4H3/b11-10-,23-21-/t27-/m1/s1. The summed E-state index contributed by atoms with van der Waals surface area (Å²) in [6.45, 7) is 2.42. The van der Waals surface area contributed by atoms with Gasteiger partial charge in [-0.05, 0) is 44.6 Å². The van der Waals surface area contributed by atoms with Crippen LogP contribution in [0.4, 0.5) is 0 Å². The second-order valence-corrected chi connectivity index (χ2v) is 11.7. The van der Waals surface area contributed by atoms with Crippen molar-refractivity contribution < 1.29 is 32.8 Å². The number of unbranched alkanes of at least 4 members (excludes halogenated alkanes) is 12. The van der Waals surface area contributed by atoms with E-state index in [-0.39, 0.29) is 19.8 Å². The molecule has 0 spiro atoms. The monoisotopic (exact) mass is 519 g/mol. The SMILES string of the molecule is CCCCCC/C=C\CCCCCCCCC/C=C\OC[C@@H](O)COP(=O)([O-])OCC[N+](C)(C)C. The molecule has 2 atom stereocenters. The lowest BCUT2D eigenvalue weighted by atomic mass is 10.1. The molecule has 0 saturated carbocycles. The van der Waals surface area contributed by atoms with Crippen molar-refractivity contribution in [3.05, 3.63) is 24.5 Å². The van der Waals surface area contributed by atoms with Gasteiger partial charge in [-0.25, -0.2) is 0 Å². The second kappa shape index (κ2) is 22.5. The zero-order chi connectivity index (χ0) is 26.3. The minimum absolute atomic E-state index is 0.0244. The van der Waals surface area contributed by atoms with Crippen LogP contribution in [0.5, 0.6) is 0 Å². The first kappa shape index (κ1) is 34.3. The Morgan fingerprint density at radius 2 is 1.31 bits per heavy atom. The summed E-state index contributed by atoms with van der Waals surface area (Å²) in [5.74, 6) is 0. The fourth-order valence-electron chi connectivity index (χ4n) is 3.32. The number of hydrogen-bond acceptors (Lipinski definition) is 6. The number of nitrogens with zero attached hydrogens (tertiary/aromatic N) is 1. The predicted octanol–water partition coefficient (Wildman–Crippen LogP) is 6.12. The summed E-state index contributed by atoms with van der Waals surface area (Å²) in [7, 11) is 1.40. The summed E-state index contributed by atoms with van der Waals surface area (Å²) >= 11 is 0. The molecule has 0 rings (SSSR count). The molecule has 208 valence electrons. The molecule has 0 aromatic heterocycles. The number of phosphoric ester groups is 1. The molecular weight excluding hydrogens is 465 g/mol. The van der Waals surface area contributed by atoms with Crippen molar-refractivity contribution in [3.8, 4) is 0 Å². The molecule has 0 fully saturated rings. The highest BCUT2D eigenvalue weighted by Crippen LogP contribution is 2.38. The smallest absolute Gasteiger partial charge is 0.268 e. The molecule has 0 aromatic rings. The Morgan fingerprint density at radius 1 is 0.800 bits per heavy atom. The quantitative estimate of drug-likeness (QED) is 0.0514. The molecule has 0 aromatic carbocycles. The van der Waals surface area contributed by atoms with Crippen LogP contribution in [0.1, 0.15) is 96.8 Å². The summed E-state index contributed by atoms with van der Waals surface area (Å²) in [6.07, 6.45) is 24.8. The van der Waals surface area contributed by atoms with Crippen molar-refractivity contribution in [3.63, 3.8) is 0 Å². The molecule has 7 nitrogen and oxygen atoms in total. The van der Waals surface area contributed by atoms with Gasteiger partial charge in [0.25, 0.3) is 7.82 Å². The van der Waals surface area contributed by atoms with Crippen LogP contribution in [0.15, 0.2) is 24.5 Å². The molecule has 0 heterocycles. The van der Waals surface area contributed by atoms with E-state index in [1.54, 1.807) is 6.26 Å². The van der Waals surface area contributed by atoms with Gasteiger partial charge in [0, 0.05) is 0 Å². The normalized spacial score (nSPS) is 15.1. The first-order chi connectivity index (χ1) is 16.7. The predicted molar refractivity (Wildman–Crippen MR) is 143 cm³/mol. The molecule has 0 aliphatic heterocycles. The average Bonchev–Trinajstić information content (AvgIpc) is 2.78. The molecule has 1 unspecified atom stereocenters. The molecule has 0 radical (unpaired) electrons. The zero-order valence-corrected chi connectivity index (χ0v) is 23.9. The average molecular weight is 520 g/mol. The van der Waals surface area contributed by atoms with Crippen LogP contribution in [0.25, 0.3) is 0 Å². The van der Waals surface area contributed by atoms with Crippen LogP contribution in [0.3, 0.4) is 0 Å². The highest BCUT2D eigenvalue weighted by Gasteiger charge is 2.15. The minimum atomic E-state index is -4.41. The van der Waals surface area contributed by atoms with Gasteiger partial charge in [-0.3, -0.25) is 4.57 Å². The molecule has 0 aliphatic rings. The number of hydrogen-bond donors (Lipinski definition) is 1. The maximum absolute atomic E-state index is 11.7. The molecular formula is C27H54NO6P. The number of aliphatic hydroxyl groups excluding tert-OH is 1. The Kier molecular flexibility index (Phi) is 22.1. The van der Waals surface area contributed by atoms with Crippen LogP contribution in [0.2, 0.25) is 0 Å². The fraction of sp³-hybridized carbons (Fsp3) is 0.852. The Labute approximate surface area is 215 Å². The number of allylic oxidation sites excluding steroid dienone is 3. The van der Waals surface area contributed by atoms with Crippen molar-refractivity contribution in [1.82, 2.24) is 0 Å². The fourth-order valence-corrected chi connectivity index (χ4v) is 4.06. The maximum Gasteiger partial charge on any atom is 0.268 e. The Balaban J connectivity index is 3.49. The van der Waals surface area contributed by atoms with Gasteiger partial charge in [-0.2, -0.15) is 0 Å². The summed E-state index contributed by atoms with van der Waals surface area (Å²) in [5.41, 5.74) is 0. The largest absolute Gasteiger partial charge is 0.756 e. The highest BCUT2D eigenvalue weighted by atomic mass is 31.2.